The normalized spacial score (nSPS) is 13.8. The van der Waals surface area contributed by atoms with E-state index >= 15 is 0 Å². The Morgan fingerprint density at radius 1 is 0.396 bits per heavy atom. The summed E-state index contributed by atoms with van der Waals surface area (Å²) in [6, 6.07) is 23.0. The van der Waals surface area contributed by atoms with E-state index in [4.69, 9.17) is 24.9 Å². The van der Waals surface area contributed by atoms with Crippen molar-refractivity contribution in [1.82, 2.24) is 24.9 Å². The van der Waals surface area contributed by atoms with Crippen LogP contribution in [0.3, 0.4) is 0 Å². The van der Waals surface area contributed by atoms with Crippen LogP contribution in [0.1, 0.15) is 127 Å². The van der Waals surface area contributed by atoms with Gasteiger partial charge in [-0.25, -0.2) is 24.9 Å². The highest BCUT2D eigenvalue weighted by molar-refractivity contribution is 5.74. The Kier molecular flexibility index (Phi) is 11.5. The molecule has 0 saturated heterocycles. The third-order valence-corrected chi connectivity index (χ3v) is 9.90. The van der Waals surface area contributed by atoms with Crippen molar-refractivity contribution in [3.8, 4) is 0 Å². The zero-order valence-electron chi connectivity index (χ0n) is 29.9. The summed E-state index contributed by atoms with van der Waals surface area (Å²) in [5.41, 5.74) is 4.86. The number of rotatable bonds is 14. The quantitative estimate of drug-likeness (QED) is 0.119. The average molecular weight is 642 g/mol. The molecule has 0 radical (unpaired) electrons. The van der Waals surface area contributed by atoms with Crippen LogP contribution >= 0.6 is 0 Å². The van der Waals surface area contributed by atoms with E-state index in [1.807, 2.05) is 52.8 Å². The van der Waals surface area contributed by atoms with Gasteiger partial charge in [0, 0.05) is 24.8 Å². The summed E-state index contributed by atoms with van der Waals surface area (Å²) in [6.45, 7) is 17.7. The highest BCUT2D eigenvalue weighted by Crippen LogP contribution is 2.37. The number of nitrogens with zero attached hydrogens (tertiary/aromatic N) is 7. The SMILES string of the molecule is CCC(C)c1ccc(N(c2ccc(C(C)CC)cn2)c2cccc(N(c3ccc(C(C)CC)cn3)c3ccc(C(C)CC)cn3)n2)nc1. The van der Waals surface area contributed by atoms with Crippen LogP contribution in [0.5, 0.6) is 0 Å². The summed E-state index contributed by atoms with van der Waals surface area (Å²) >= 11 is 0. The van der Waals surface area contributed by atoms with E-state index in [9.17, 15) is 0 Å². The Balaban J connectivity index is 1.63. The first-order valence-corrected chi connectivity index (χ1v) is 17.7. The lowest BCUT2D eigenvalue weighted by Gasteiger charge is -2.26. The molecule has 0 aromatic carbocycles. The second-order valence-corrected chi connectivity index (χ2v) is 13.1. The van der Waals surface area contributed by atoms with E-state index in [1.54, 1.807) is 0 Å². The smallest absolute Gasteiger partial charge is 0.142 e. The molecule has 7 heteroatoms. The Labute approximate surface area is 287 Å². The number of hydrogen-bond acceptors (Lipinski definition) is 7. The molecule has 0 saturated carbocycles. The maximum Gasteiger partial charge on any atom is 0.142 e. The first kappa shape index (κ1) is 34.7. The molecule has 7 nitrogen and oxygen atoms in total. The lowest BCUT2D eigenvalue weighted by molar-refractivity contribution is 0.728. The molecule has 0 N–H and O–H groups in total. The number of anilines is 6. The van der Waals surface area contributed by atoms with Crippen LogP contribution in [-0.4, -0.2) is 24.9 Å². The number of pyridine rings is 5. The minimum Gasteiger partial charge on any atom is -0.262 e. The lowest BCUT2D eigenvalue weighted by Crippen LogP contribution is -2.18. The molecule has 0 bridgehead atoms. The highest BCUT2D eigenvalue weighted by atomic mass is 15.3. The second kappa shape index (κ2) is 16.0. The topological polar surface area (TPSA) is 70.9 Å². The van der Waals surface area contributed by atoms with Crippen LogP contribution in [0, 0.1) is 0 Å². The number of hydrogen-bond donors (Lipinski definition) is 0. The molecular weight excluding hydrogens is 591 g/mol. The fourth-order valence-corrected chi connectivity index (χ4v) is 5.59. The minimum absolute atomic E-state index is 0.432. The maximum absolute atomic E-state index is 5.27. The Morgan fingerprint density at radius 2 is 0.667 bits per heavy atom. The van der Waals surface area contributed by atoms with Crippen molar-refractivity contribution in [2.45, 2.75) is 105 Å². The molecule has 0 aliphatic carbocycles. The van der Waals surface area contributed by atoms with Crippen molar-refractivity contribution in [3.05, 3.63) is 114 Å². The van der Waals surface area contributed by atoms with Gasteiger partial charge in [-0.15, -0.1) is 0 Å². The van der Waals surface area contributed by atoms with Gasteiger partial charge >= 0.3 is 0 Å². The third kappa shape index (κ3) is 7.73. The van der Waals surface area contributed by atoms with E-state index in [-0.39, 0.29) is 0 Å². The standard InChI is InChI=1S/C41H51N7/c1-9-28(5)32-16-20-36(42-24-32)47(37-21-17-33(25-43-37)29(6)10-2)40-14-13-15-41(46-40)48(38-22-18-34(26-44-38)30(7)11-3)39-23-19-35(27-45-39)31(8)12-4/h13-31H,9-12H2,1-8H3. The van der Waals surface area contributed by atoms with Crippen molar-refractivity contribution < 1.29 is 0 Å². The Bertz CT molecular complexity index is 1480. The minimum atomic E-state index is 0.432. The maximum atomic E-state index is 5.27. The summed E-state index contributed by atoms with van der Waals surface area (Å²) in [6.07, 6.45) is 12.1. The molecule has 4 atom stereocenters. The number of aromatic nitrogens is 5. The van der Waals surface area contributed by atoms with Gasteiger partial charge in [0.15, 0.2) is 0 Å². The van der Waals surface area contributed by atoms with E-state index in [0.717, 1.165) is 49.0 Å². The van der Waals surface area contributed by atoms with Crippen LogP contribution < -0.4 is 9.80 Å². The van der Waals surface area contributed by atoms with Crippen LogP contribution in [0.2, 0.25) is 0 Å². The molecule has 5 aromatic heterocycles. The van der Waals surface area contributed by atoms with Gasteiger partial charge in [0.1, 0.15) is 34.9 Å². The zero-order chi connectivity index (χ0) is 34.2. The molecule has 48 heavy (non-hydrogen) atoms. The predicted molar refractivity (Wildman–Crippen MR) is 200 cm³/mol. The van der Waals surface area contributed by atoms with Crippen LogP contribution in [0.4, 0.5) is 34.9 Å². The van der Waals surface area contributed by atoms with Crippen LogP contribution in [0.15, 0.2) is 91.5 Å². The van der Waals surface area contributed by atoms with Crippen molar-refractivity contribution in [2.24, 2.45) is 0 Å². The van der Waals surface area contributed by atoms with Crippen molar-refractivity contribution in [3.63, 3.8) is 0 Å². The highest BCUT2D eigenvalue weighted by Gasteiger charge is 2.22. The van der Waals surface area contributed by atoms with Crippen molar-refractivity contribution in [2.75, 3.05) is 9.80 Å². The van der Waals surface area contributed by atoms with Crippen LogP contribution in [0.25, 0.3) is 0 Å². The second-order valence-electron chi connectivity index (χ2n) is 13.1. The van der Waals surface area contributed by atoms with E-state index in [1.165, 1.54) is 22.3 Å². The molecular formula is C41H51N7. The van der Waals surface area contributed by atoms with Gasteiger partial charge in [-0.1, -0.05) is 85.7 Å². The Morgan fingerprint density at radius 3 is 0.875 bits per heavy atom. The molecule has 5 aromatic rings. The van der Waals surface area contributed by atoms with Gasteiger partial charge in [-0.3, -0.25) is 9.80 Å². The molecule has 0 fully saturated rings. The predicted octanol–water partition coefficient (Wildman–Crippen LogP) is 11.7. The van der Waals surface area contributed by atoms with Gasteiger partial charge in [0.25, 0.3) is 0 Å². The molecule has 5 heterocycles. The van der Waals surface area contributed by atoms with Gasteiger partial charge in [-0.05, 0) is 108 Å². The van der Waals surface area contributed by atoms with Crippen LogP contribution in [-0.2, 0) is 0 Å². The van der Waals surface area contributed by atoms with E-state index in [2.05, 4.69) is 104 Å². The molecule has 0 aliphatic rings. The molecule has 0 amide bonds. The molecule has 0 spiro atoms. The van der Waals surface area contributed by atoms with Gasteiger partial charge in [-0.2, -0.15) is 0 Å². The van der Waals surface area contributed by atoms with E-state index < -0.39 is 0 Å². The molecule has 0 aliphatic heterocycles. The third-order valence-electron chi connectivity index (χ3n) is 9.90. The van der Waals surface area contributed by atoms with Crippen molar-refractivity contribution in [1.29, 1.82) is 0 Å². The largest absolute Gasteiger partial charge is 0.262 e. The zero-order valence-corrected chi connectivity index (χ0v) is 29.9. The first-order chi connectivity index (χ1) is 23.3. The molecule has 5 rings (SSSR count). The monoisotopic (exact) mass is 641 g/mol. The summed E-state index contributed by atoms with van der Waals surface area (Å²) in [4.78, 5) is 29.1. The van der Waals surface area contributed by atoms with Crippen molar-refractivity contribution >= 4 is 34.9 Å². The average Bonchev–Trinajstić information content (AvgIpc) is 3.15. The summed E-state index contributed by atoms with van der Waals surface area (Å²) in [5, 5.41) is 0. The van der Waals surface area contributed by atoms with E-state index in [0.29, 0.717) is 35.3 Å². The summed E-state index contributed by atoms with van der Waals surface area (Å²) < 4.78 is 0. The summed E-state index contributed by atoms with van der Waals surface area (Å²) in [7, 11) is 0. The van der Waals surface area contributed by atoms with Gasteiger partial charge in [0.05, 0.1) is 0 Å². The lowest BCUT2D eigenvalue weighted by atomic mass is 10.0. The Hall–Kier alpha value is -4.65. The van der Waals surface area contributed by atoms with Gasteiger partial charge in [0.2, 0.25) is 0 Å². The molecule has 4 unspecified atom stereocenters. The fraction of sp³-hybridized carbons (Fsp3) is 0.390. The fourth-order valence-electron chi connectivity index (χ4n) is 5.59. The van der Waals surface area contributed by atoms with Gasteiger partial charge < -0.3 is 0 Å². The first-order valence-electron chi connectivity index (χ1n) is 17.7. The molecule has 250 valence electrons. The summed E-state index contributed by atoms with van der Waals surface area (Å²) in [5.74, 6) is 6.17.